The second-order valence-corrected chi connectivity index (χ2v) is 9.23. The third kappa shape index (κ3) is 8.82. The molecule has 0 spiro atoms. The van der Waals surface area contributed by atoms with E-state index in [4.69, 9.17) is 16.3 Å². The second-order valence-electron chi connectivity index (χ2n) is 7.71. The van der Waals surface area contributed by atoms with Gasteiger partial charge in [0.05, 0.1) is 11.4 Å². The lowest BCUT2D eigenvalue weighted by molar-refractivity contribution is -0.141. The fourth-order valence-electron chi connectivity index (χ4n) is 4.05. The van der Waals surface area contributed by atoms with E-state index in [-0.39, 0.29) is 55.6 Å². The zero-order chi connectivity index (χ0) is 20.9. The van der Waals surface area contributed by atoms with Gasteiger partial charge < -0.3 is 14.5 Å². The van der Waals surface area contributed by atoms with Crippen LogP contribution in [0.2, 0.25) is 5.02 Å². The summed E-state index contributed by atoms with van der Waals surface area (Å²) in [5.74, 6) is -0.200. The van der Waals surface area contributed by atoms with Gasteiger partial charge in [-0.2, -0.15) is 0 Å². The van der Waals surface area contributed by atoms with Gasteiger partial charge in [0.25, 0.3) is 0 Å². The first-order chi connectivity index (χ1) is 14.6. The molecule has 0 unspecified atom stereocenters. The molecule has 4 rings (SSSR count). The Morgan fingerprint density at radius 2 is 1.50 bits per heavy atom. The lowest BCUT2D eigenvalue weighted by Crippen LogP contribution is -2.47. The maximum atomic E-state index is 10.9. The Balaban J connectivity index is 0.00000272. The van der Waals surface area contributed by atoms with Crippen LogP contribution >= 0.6 is 73.0 Å². The summed E-state index contributed by atoms with van der Waals surface area (Å²) in [4.78, 5) is 20.8. The Hall–Kier alpha value is -0.570. The van der Waals surface area contributed by atoms with E-state index in [1.165, 1.54) is 28.1 Å². The van der Waals surface area contributed by atoms with Crippen molar-refractivity contribution >= 4 is 90.3 Å². The highest BCUT2D eigenvalue weighted by Crippen LogP contribution is 2.48. The summed E-state index contributed by atoms with van der Waals surface area (Å²) in [6, 6.07) is 14.8. The van der Waals surface area contributed by atoms with E-state index in [1.54, 1.807) is 0 Å². The summed E-state index contributed by atoms with van der Waals surface area (Å²) in [5, 5.41) is 0.781. The molecule has 34 heavy (non-hydrogen) atoms. The average molecular weight is 592 g/mol. The van der Waals surface area contributed by atoms with Crippen LogP contribution in [0.25, 0.3) is 0 Å². The third-order valence-electron chi connectivity index (χ3n) is 5.62. The van der Waals surface area contributed by atoms with Crippen LogP contribution in [0.1, 0.15) is 13.3 Å². The van der Waals surface area contributed by atoms with E-state index in [1.807, 2.05) is 17.8 Å². The zero-order valence-electron chi connectivity index (χ0n) is 19.0. The summed E-state index contributed by atoms with van der Waals surface area (Å²) in [5.41, 5.74) is 2.48. The van der Waals surface area contributed by atoms with Crippen LogP contribution in [0.4, 0.5) is 11.4 Å². The van der Waals surface area contributed by atoms with Gasteiger partial charge in [-0.3, -0.25) is 9.69 Å². The molecule has 0 radical (unpaired) electrons. The van der Waals surface area contributed by atoms with Gasteiger partial charge in [0.2, 0.25) is 0 Å². The molecule has 0 aromatic heterocycles. The van der Waals surface area contributed by atoms with Crippen molar-refractivity contribution in [2.75, 3.05) is 57.3 Å². The van der Waals surface area contributed by atoms with Gasteiger partial charge in [-0.15, -0.1) is 49.6 Å². The summed E-state index contributed by atoms with van der Waals surface area (Å²) < 4.78 is 5.06. The number of nitrogens with zero attached hydrogens (tertiary/aromatic N) is 3. The monoisotopic (exact) mass is 589 g/mol. The van der Waals surface area contributed by atoms with Crippen molar-refractivity contribution in [1.82, 2.24) is 9.80 Å². The molecule has 0 N–H and O–H groups in total. The number of esters is 1. The number of benzene rings is 2. The number of hydrogen-bond donors (Lipinski definition) is 0. The first kappa shape index (κ1) is 33.4. The first-order valence-electron chi connectivity index (χ1n) is 10.5. The molecule has 192 valence electrons. The van der Waals surface area contributed by atoms with Gasteiger partial charge in [-0.1, -0.05) is 35.5 Å². The van der Waals surface area contributed by atoms with Crippen LogP contribution in [-0.4, -0.2) is 68.2 Å². The second kappa shape index (κ2) is 16.2. The number of fused-ring (bicyclic) bond motifs is 2. The number of piperazine rings is 1. The minimum absolute atomic E-state index is 0. The van der Waals surface area contributed by atoms with Crippen LogP contribution in [0.15, 0.2) is 52.3 Å². The third-order valence-corrected chi connectivity index (χ3v) is 6.99. The Labute approximate surface area is 236 Å². The van der Waals surface area contributed by atoms with Gasteiger partial charge in [0.1, 0.15) is 6.61 Å². The van der Waals surface area contributed by atoms with Crippen LogP contribution < -0.4 is 4.90 Å². The Morgan fingerprint density at radius 3 is 2.18 bits per heavy atom. The van der Waals surface area contributed by atoms with Crippen molar-refractivity contribution in [3.8, 4) is 0 Å². The minimum Gasteiger partial charge on any atom is -0.465 e. The number of halogens is 5. The molecule has 2 aliphatic heterocycles. The van der Waals surface area contributed by atoms with Gasteiger partial charge in [-0.05, 0) is 43.3 Å². The molecule has 1 saturated heterocycles. The van der Waals surface area contributed by atoms with E-state index in [0.29, 0.717) is 6.61 Å². The molecule has 0 saturated carbocycles. The fourth-order valence-corrected chi connectivity index (χ4v) is 5.29. The number of carbonyl (C=O) groups is 1. The topological polar surface area (TPSA) is 36.0 Å². The van der Waals surface area contributed by atoms with Crippen molar-refractivity contribution in [2.45, 2.75) is 23.1 Å². The van der Waals surface area contributed by atoms with Crippen molar-refractivity contribution in [1.29, 1.82) is 0 Å². The van der Waals surface area contributed by atoms with Crippen LogP contribution in [0.3, 0.4) is 0 Å². The molecular formula is C23H32Cl5N3O2S. The molecule has 0 amide bonds. The van der Waals surface area contributed by atoms with Gasteiger partial charge in [-0.25, -0.2) is 0 Å². The first-order valence-corrected chi connectivity index (χ1v) is 11.7. The molecule has 0 atom stereocenters. The van der Waals surface area contributed by atoms with Gasteiger partial charge in [0, 0.05) is 61.0 Å². The van der Waals surface area contributed by atoms with E-state index >= 15 is 0 Å². The molecule has 0 aliphatic carbocycles. The molecule has 1 fully saturated rings. The van der Waals surface area contributed by atoms with Crippen LogP contribution in [-0.2, 0) is 9.53 Å². The normalized spacial score (nSPS) is 14.8. The molecule has 0 bridgehead atoms. The summed E-state index contributed by atoms with van der Waals surface area (Å²) >= 11 is 8.13. The van der Waals surface area contributed by atoms with Crippen molar-refractivity contribution < 1.29 is 9.53 Å². The zero-order valence-corrected chi connectivity index (χ0v) is 23.8. The van der Waals surface area contributed by atoms with E-state index < -0.39 is 0 Å². The molecule has 2 aromatic carbocycles. The Kier molecular flexibility index (Phi) is 16.0. The summed E-state index contributed by atoms with van der Waals surface area (Å²) in [6.45, 7) is 9.02. The molecule has 2 aromatic rings. The number of ether oxygens (including phenoxy) is 1. The lowest BCUT2D eigenvalue weighted by Gasteiger charge is -2.36. The molecule has 2 heterocycles. The average Bonchev–Trinajstić information content (AvgIpc) is 2.74. The number of para-hydroxylation sites is 1. The Bertz CT molecular complexity index is 901. The maximum Gasteiger partial charge on any atom is 0.302 e. The van der Waals surface area contributed by atoms with Gasteiger partial charge in [0.15, 0.2) is 0 Å². The Morgan fingerprint density at radius 1 is 0.882 bits per heavy atom. The summed E-state index contributed by atoms with van der Waals surface area (Å²) in [6.07, 6.45) is 1.10. The van der Waals surface area contributed by atoms with E-state index in [0.717, 1.165) is 57.3 Å². The highest BCUT2D eigenvalue weighted by Gasteiger charge is 2.24. The summed E-state index contributed by atoms with van der Waals surface area (Å²) in [7, 11) is 0. The van der Waals surface area contributed by atoms with Crippen molar-refractivity contribution in [2.24, 2.45) is 0 Å². The predicted octanol–water partition coefficient (Wildman–Crippen LogP) is 6.20. The highest BCUT2D eigenvalue weighted by atomic mass is 35.5. The van der Waals surface area contributed by atoms with Crippen molar-refractivity contribution in [3.05, 3.63) is 47.5 Å². The highest BCUT2D eigenvalue weighted by molar-refractivity contribution is 7.99. The lowest BCUT2D eigenvalue weighted by atomic mass is 10.2. The molecule has 5 nitrogen and oxygen atoms in total. The number of rotatable bonds is 7. The largest absolute Gasteiger partial charge is 0.465 e. The van der Waals surface area contributed by atoms with E-state index in [2.05, 4.69) is 51.1 Å². The van der Waals surface area contributed by atoms with Crippen LogP contribution in [0.5, 0.6) is 0 Å². The number of anilines is 2. The SMILES string of the molecule is CC(=O)OCCN1CCN(CCCN2c3ccccc3Sc3ccc(Cl)cc32)CC1.Cl.Cl.Cl.Cl. The smallest absolute Gasteiger partial charge is 0.302 e. The fraction of sp³-hybridized carbons (Fsp3) is 0.435. The van der Waals surface area contributed by atoms with Crippen molar-refractivity contribution in [3.63, 3.8) is 0 Å². The number of hydrogen-bond acceptors (Lipinski definition) is 6. The predicted molar refractivity (Wildman–Crippen MR) is 152 cm³/mol. The van der Waals surface area contributed by atoms with Crippen LogP contribution in [0, 0.1) is 0 Å². The number of carbonyl (C=O) groups excluding carboxylic acids is 1. The van der Waals surface area contributed by atoms with E-state index in [9.17, 15) is 4.79 Å². The minimum atomic E-state index is -0.200. The quantitative estimate of drug-likeness (QED) is 0.357. The standard InChI is InChI=1S/C23H28ClN3O2S.4ClH/c1-18(28)29-16-15-26-13-11-25(12-14-26)9-4-10-27-20-5-2-3-6-22(20)30-23-8-7-19(24)17-21(23)27;;;;/h2-3,5-8,17H,4,9-16H2,1H3;4*1H. The molecule has 2 aliphatic rings. The molecular weight excluding hydrogens is 560 g/mol. The maximum absolute atomic E-state index is 10.9. The van der Waals surface area contributed by atoms with Gasteiger partial charge >= 0.3 is 5.97 Å². The molecule has 11 heteroatoms.